The normalized spacial score (nSPS) is 11.2. The highest BCUT2D eigenvalue weighted by molar-refractivity contribution is 8.00. The van der Waals surface area contributed by atoms with Crippen molar-refractivity contribution in [3.63, 3.8) is 0 Å². The number of anilines is 3. The van der Waals surface area contributed by atoms with Gasteiger partial charge in [0.1, 0.15) is 17.1 Å². The molecule has 0 bridgehead atoms. The molecule has 0 aliphatic heterocycles. The number of carbonyl (C=O) groups is 3. The summed E-state index contributed by atoms with van der Waals surface area (Å²) in [7, 11) is 2.99. The van der Waals surface area contributed by atoms with Crippen LogP contribution >= 0.6 is 11.8 Å². The second-order valence-corrected chi connectivity index (χ2v) is 8.94. The molecule has 3 N–H and O–H groups in total. The number of methoxy groups -OCH3 is 2. The van der Waals surface area contributed by atoms with Crippen LogP contribution in [0.1, 0.15) is 24.2 Å². The molecular formula is C26H27N3O5S. The van der Waals surface area contributed by atoms with Gasteiger partial charge in [-0.15, -0.1) is 11.8 Å². The molecule has 0 radical (unpaired) electrons. The second kappa shape index (κ2) is 11.9. The fourth-order valence-electron chi connectivity index (χ4n) is 3.23. The third kappa shape index (κ3) is 7.00. The van der Waals surface area contributed by atoms with Crippen molar-refractivity contribution in [1.29, 1.82) is 0 Å². The van der Waals surface area contributed by atoms with Crippen LogP contribution in [0.15, 0.2) is 71.6 Å². The molecule has 3 amide bonds. The maximum atomic E-state index is 12.8. The molecule has 0 fully saturated rings. The Bertz CT molecular complexity index is 1170. The van der Waals surface area contributed by atoms with E-state index in [0.717, 1.165) is 4.90 Å². The predicted octanol–water partition coefficient (Wildman–Crippen LogP) is 5.03. The van der Waals surface area contributed by atoms with Crippen LogP contribution in [0, 0.1) is 0 Å². The van der Waals surface area contributed by atoms with E-state index >= 15 is 0 Å². The minimum absolute atomic E-state index is 0.150. The van der Waals surface area contributed by atoms with Gasteiger partial charge in [-0.1, -0.05) is 6.07 Å². The van der Waals surface area contributed by atoms with Gasteiger partial charge in [0.15, 0.2) is 0 Å². The van der Waals surface area contributed by atoms with Gasteiger partial charge in [0.05, 0.1) is 19.5 Å². The Labute approximate surface area is 208 Å². The molecule has 3 aromatic rings. The number of carbonyl (C=O) groups excluding carboxylic acids is 3. The van der Waals surface area contributed by atoms with E-state index in [0.29, 0.717) is 34.1 Å². The van der Waals surface area contributed by atoms with Crippen LogP contribution < -0.4 is 25.4 Å². The molecule has 0 aromatic heterocycles. The standard InChI is InChI=1S/C26H27N3O5S/c1-16(25(31)28-19-10-8-18(9-11-19)27-17(2)30)35-21-14-12-20(13-15-21)29-26(32)24-22(33-3)6-5-7-23(24)34-4/h5-16H,1-4H3,(H,27,30)(H,28,31)(H,29,32). The molecule has 0 heterocycles. The Kier molecular flexibility index (Phi) is 8.74. The summed E-state index contributed by atoms with van der Waals surface area (Å²) in [5.74, 6) is 0.175. The second-order valence-electron chi connectivity index (χ2n) is 7.52. The first-order chi connectivity index (χ1) is 16.8. The maximum Gasteiger partial charge on any atom is 0.263 e. The van der Waals surface area contributed by atoms with Crippen LogP contribution in [-0.2, 0) is 9.59 Å². The molecule has 0 saturated heterocycles. The van der Waals surface area contributed by atoms with Gasteiger partial charge in [0.25, 0.3) is 5.91 Å². The molecule has 0 saturated carbocycles. The lowest BCUT2D eigenvalue weighted by Gasteiger charge is -2.14. The molecule has 1 unspecified atom stereocenters. The zero-order valence-electron chi connectivity index (χ0n) is 19.9. The summed E-state index contributed by atoms with van der Waals surface area (Å²) in [6.45, 7) is 3.25. The summed E-state index contributed by atoms with van der Waals surface area (Å²) in [6, 6.07) is 19.3. The third-order valence-electron chi connectivity index (χ3n) is 4.92. The lowest BCUT2D eigenvalue weighted by Crippen LogP contribution is -2.22. The molecule has 3 rings (SSSR count). The summed E-state index contributed by atoms with van der Waals surface area (Å²) < 4.78 is 10.6. The van der Waals surface area contributed by atoms with Crippen LogP contribution in [0.4, 0.5) is 17.1 Å². The Morgan fingerprint density at radius 3 is 1.74 bits per heavy atom. The van der Waals surface area contributed by atoms with Crippen LogP contribution in [0.5, 0.6) is 11.5 Å². The van der Waals surface area contributed by atoms with Crippen LogP contribution in [0.2, 0.25) is 0 Å². The van der Waals surface area contributed by atoms with Gasteiger partial charge < -0.3 is 25.4 Å². The van der Waals surface area contributed by atoms with Gasteiger partial charge >= 0.3 is 0 Å². The topological polar surface area (TPSA) is 106 Å². The van der Waals surface area contributed by atoms with Crippen LogP contribution in [-0.4, -0.2) is 37.2 Å². The van der Waals surface area contributed by atoms with Crippen molar-refractivity contribution in [2.75, 3.05) is 30.2 Å². The molecule has 9 heteroatoms. The van der Waals surface area contributed by atoms with Gasteiger partial charge in [-0.05, 0) is 67.6 Å². The third-order valence-corrected chi connectivity index (χ3v) is 6.03. The highest BCUT2D eigenvalue weighted by Gasteiger charge is 2.19. The van der Waals surface area contributed by atoms with Gasteiger partial charge in [0.2, 0.25) is 11.8 Å². The monoisotopic (exact) mass is 493 g/mol. The number of hydrogen-bond acceptors (Lipinski definition) is 6. The Hall–Kier alpha value is -3.98. The zero-order chi connectivity index (χ0) is 25.4. The first-order valence-electron chi connectivity index (χ1n) is 10.8. The number of rotatable bonds is 9. The van der Waals surface area contributed by atoms with E-state index in [1.54, 1.807) is 54.6 Å². The van der Waals surface area contributed by atoms with Crippen molar-refractivity contribution in [1.82, 2.24) is 0 Å². The number of hydrogen-bond donors (Lipinski definition) is 3. The average Bonchev–Trinajstić information content (AvgIpc) is 2.85. The molecule has 182 valence electrons. The highest BCUT2D eigenvalue weighted by Crippen LogP contribution is 2.30. The van der Waals surface area contributed by atoms with E-state index in [9.17, 15) is 14.4 Å². The molecule has 3 aromatic carbocycles. The van der Waals surface area contributed by atoms with Gasteiger partial charge in [-0.25, -0.2) is 0 Å². The summed E-state index contributed by atoms with van der Waals surface area (Å²) >= 11 is 1.40. The lowest BCUT2D eigenvalue weighted by molar-refractivity contribution is -0.115. The van der Waals surface area contributed by atoms with Crippen molar-refractivity contribution in [3.05, 3.63) is 72.3 Å². The first kappa shape index (κ1) is 25.6. The SMILES string of the molecule is COc1cccc(OC)c1C(=O)Nc1ccc(SC(C)C(=O)Nc2ccc(NC(C)=O)cc2)cc1. The molecule has 0 aliphatic carbocycles. The fraction of sp³-hybridized carbons (Fsp3) is 0.192. The molecule has 0 spiro atoms. The Balaban J connectivity index is 1.58. The van der Waals surface area contributed by atoms with Crippen molar-refractivity contribution in [3.8, 4) is 11.5 Å². The number of thioether (sulfide) groups is 1. The quantitative estimate of drug-likeness (QED) is 0.361. The van der Waals surface area contributed by atoms with E-state index in [1.807, 2.05) is 19.1 Å². The number of amides is 3. The largest absolute Gasteiger partial charge is 0.496 e. The van der Waals surface area contributed by atoms with Crippen molar-refractivity contribution >= 4 is 46.5 Å². The summed E-state index contributed by atoms with van der Waals surface area (Å²) in [5.41, 5.74) is 2.21. The van der Waals surface area contributed by atoms with E-state index in [4.69, 9.17) is 9.47 Å². The number of benzene rings is 3. The van der Waals surface area contributed by atoms with E-state index in [1.165, 1.54) is 32.9 Å². The van der Waals surface area contributed by atoms with Crippen molar-refractivity contribution in [2.45, 2.75) is 24.0 Å². The Morgan fingerprint density at radius 1 is 0.743 bits per heavy atom. The fourth-order valence-corrected chi connectivity index (χ4v) is 4.09. The van der Waals surface area contributed by atoms with Crippen molar-refractivity contribution in [2.24, 2.45) is 0 Å². The van der Waals surface area contributed by atoms with E-state index < -0.39 is 0 Å². The van der Waals surface area contributed by atoms with E-state index in [-0.39, 0.29) is 23.0 Å². The number of ether oxygens (including phenoxy) is 2. The van der Waals surface area contributed by atoms with Gasteiger partial charge in [-0.2, -0.15) is 0 Å². The van der Waals surface area contributed by atoms with Gasteiger partial charge in [0, 0.05) is 28.9 Å². The highest BCUT2D eigenvalue weighted by atomic mass is 32.2. The molecule has 35 heavy (non-hydrogen) atoms. The first-order valence-corrected chi connectivity index (χ1v) is 11.7. The number of nitrogens with one attached hydrogen (secondary N) is 3. The van der Waals surface area contributed by atoms with Crippen molar-refractivity contribution < 1.29 is 23.9 Å². The van der Waals surface area contributed by atoms with Crippen LogP contribution in [0.25, 0.3) is 0 Å². The van der Waals surface area contributed by atoms with Crippen LogP contribution in [0.3, 0.4) is 0 Å². The molecule has 0 aliphatic rings. The van der Waals surface area contributed by atoms with E-state index in [2.05, 4.69) is 16.0 Å². The molecule has 8 nitrogen and oxygen atoms in total. The lowest BCUT2D eigenvalue weighted by atomic mass is 10.1. The summed E-state index contributed by atoms with van der Waals surface area (Å²) in [6.07, 6.45) is 0. The summed E-state index contributed by atoms with van der Waals surface area (Å²) in [5, 5.41) is 8.04. The molecule has 1 atom stereocenters. The zero-order valence-corrected chi connectivity index (χ0v) is 20.7. The minimum atomic E-state index is -0.358. The molecular weight excluding hydrogens is 466 g/mol. The summed E-state index contributed by atoms with van der Waals surface area (Å²) in [4.78, 5) is 37.4. The minimum Gasteiger partial charge on any atom is -0.496 e. The van der Waals surface area contributed by atoms with Gasteiger partial charge in [-0.3, -0.25) is 14.4 Å². The Morgan fingerprint density at radius 2 is 1.23 bits per heavy atom. The average molecular weight is 494 g/mol. The smallest absolute Gasteiger partial charge is 0.263 e. The predicted molar refractivity (Wildman–Crippen MR) is 139 cm³/mol. The maximum absolute atomic E-state index is 12.8.